The molecule has 2 aliphatic carbocycles. The molecule has 4 heterocycles. The van der Waals surface area contributed by atoms with Crippen LogP contribution in [0.15, 0.2) is 134 Å². The molecule has 4 aromatic heterocycles. The standard InChI is InChI=1S/C25H17FN2O6S.C25H19FN2O5S/c26-17-3-1-15(2-4-17)21-19-6-5-18(34-24(30)25(9-10-25)14-33-28(31)32)13-20(19)35-23(21)22(29)16-7-11-27-12-8-16;26-18-3-1-16(2-4-18)22-20-6-5-19(32-14-25(9-10-25)15-33-28(30)31)13-21(20)34-24(22)23(29)17-7-11-27-12-8-17/h1-8,11-13H,9-10,14H2;1-8,11-13H,9-10,14-15H2. The van der Waals surface area contributed by atoms with Crippen molar-refractivity contribution in [2.45, 2.75) is 25.7 Å². The summed E-state index contributed by atoms with van der Waals surface area (Å²) in [5.41, 5.74) is 2.44. The fraction of sp³-hybridized carbons (Fsp3) is 0.180. The van der Waals surface area contributed by atoms with E-state index in [4.69, 9.17) is 9.47 Å². The third-order valence-corrected chi connectivity index (χ3v) is 14.1. The number of fused-ring (bicyclic) bond motifs is 2. The lowest BCUT2D eigenvalue weighted by Crippen LogP contribution is -2.27. The maximum absolute atomic E-state index is 13.6. The van der Waals surface area contributed by atoms with Gasteiger partial charge in [0.15, 0.2) is 0 Å². The number of hydrogen-bond acceptors (Lipinski definition) is 15. The van der Waals surface area contributed by atoms with Crippen LogP contribution in [0, 0.1) is 42.7 Å². The highest BCUT2D eigenvalue weighted by Gasteiger charge is 2.52. The first kappa shape index (κ1) is 46.1. The summed E-state index contributed by atoms with van der Waals surface area (Å²) in [7, 11) is 0. The van der Waals surface area contributed by atoms with Crippen molar-refractivity contribution in [1.29, 1.82) is 0 Å². The largest absolute Gasteiger partial charge is 0.493 e. The summed E-state index contributed by atoms with van der Waals surface area (Å²) >= 11 is 2.58. The molecule has 0 saturated heterocycles. The highest BCUT2D eigenvalue weighted by Crippen LogP contribution is 2.49. The molecular weight excluding hydrogens is 935 g/mol. The molecular formula is C50H36F2N4O11S2. The zero-order chi connectivity index (χ0) is 48.3. The number of ketones is 2. The predicted molar refractivity (Wildman–Crippen MR) is 250 cm³/mol. The molecule has 0 radical (unpaired) electrons. The number of esters is 1. The van der Waals surface area contributed by atoms with Crippen LogP contribution in [0.2, 0.25) is 0 Å². The number of nitrogens with zero attached hydrogens (tertiary/aromatic N) is 4. The number of pyridine rings is 2. The van der Waals surface area contributed by atoms with Crippen LogP contribution in [0.1, 0.15) is 56.2 Å². The molecule has 19 heteroatoms. The molecule has 69 heavy (non-hydrogen) atoms. The molecule has 2 fully saturated rings. The fourth-order valence-electron chi connectivity index (χ4n) is 7.58. The molecule has 0 unspecified atom stereocenters. The molecule has 2 saturated carbocycles. The van der Waals surface area contributed by atoms with Gasteiger partial charge >= 0.3 is 5.97 Å². The van der Waals surface area contributed by atoms with Gasteiger partial charge in [-0.25, -0.2) is 8.78 Å². The molecule has 348 valence electrons. The van der Waals surface area contributed by atoms with E-state index < -0.39 is 21.6 Å². The van der Waals surface area contributed by atoms with Crippen LogP contribution in [0.5, 0.6) is 11.5 Å². The first-order valence-corrected chi connectivity index (χ1v) is 22.9. The quantitative estimate of drug-likeness (QED) is 0.0275. The molecule has 8 aromatic rings. The average molecular weight is 971 g/mol. The Morgan fingerprint density at radius 2 is 1.03 bits per heavy atom. The summed E-state index contributed by atoms with van der Waals surface area (Å²) in [5.74, 6) is -0.823. The van der Waals surface area contributed by atoms with Gasteiger partial charge in [-0.05, 0) is 122 Å². The Labute approximate surface area is 398 Å². The van der Waals surface area contributed by atoms with Crippen LogP contribution in [-0.2, 0) is 14.5 Å². The maximum Gasteiger partial charge on any atom is 0.319 e. The summed E-state index contributed by atoms with van der Waals surface area (Å²) in [6.45, 7) is -0.0226. The number of hydrogen-bond donors (Lipinski definition) is 0. The Balaban J connectivity index is 0.000000172. The molecule has 4 aromatic carbocycles. The van der Waals surface area contributed by atoms with Gasteiger partial charge in [-0.1, -0.05) is 24.3 Å². The Morgan fingerprint density at radius 3 is 1.48 bits per heavy atom. The van der Waals surface area contributed by atoms with E-state index in [1.54, 1.807) is 79.1 Å². The Hall–Kier alpha value is -8.03. The molecule has 0 aliphatic heterocycles. The second kappa shape index (κ2) is 19.3. The van der Waals surface area contributed by atoms with Crippen molar-refractivity contribution >= 4 is 60.4 Å². The number of ether oxygens (including phenoxy) is 2. The van der Waals surface area contributed by atoms with Crippen LogP contribution in [0.3, 0.4) is 0 Å². The molecule has 0 spiro atoms. The van der Waals surface area contributed by atoms with Crippen molar-refractivity contribution in [3.63, 3.8) is 0 Å². The maximum atomic E-state index is 13.6. The molecule has 10 rings (SSSR count). The SMILES string of the molecule is O=C(c1ccncc1)c1sc2cc(OC(=O)C3(CO[N+](=O)[O-])CC3)ccc2c1-c1ccc(F)cc1.O=C(c1ccncc1)c1sc2cc(OCC3(CO[N+](=O)[O-])CC3)ccc2c1-c1ccc(F)cc1. The number of halogens is 2. The van der Waals surface area contributed by atoms with E-state index in [1.807, 2.05) is 18.2 Å². The molecule has 15 nitrogen and oxygen atoms in total. The van der Waals surface area contributed by atoms with Crippen molar-refractivity contribution in [1.82, 2.24) is 9.97 Å². The summed E-state index contributed by atoms with van der Waals surface area (Å²) in [6.07, 6.45) is 8.71. The van der Waals surface area contributed by atoms with Crippen molar-refractivity contribution in [3.05, 3.63) is 187 Å². The van der Waals surface area contributed by atoms with E-state index in [-0.39, 0.29) is 47.6 Å². The lowest BCUT2D eigenvalue weighted by molar-refractivity contribution is -0.760. The Morgan fingerprint density at radius 1 is 0.580 bits per heavy atom. The summed E-state index contributed by atoms with van der Waals surface area (Å²) < 4.78 is 40.2. The molecule has 0 N–H and O–H groups in total. The minimum absolute atomic E-state index is 0.0144. The Kier molecular flexibility index (Phi) is 12.9. The third-order valence-electron chi connectivity index (χ3n) is 11.8. The van der Waals surface area contributed by atoms with E-state index >= 15 is 0 Å². The normalized spacial score (nSPS) is 13.9. The zero-order valence-corrected chi connectivity index (χ0v) is 37.6. The van der Waals surface area contributed by atoms with Crippen molar-refractivity contribution in [2.75, 3.05) is 19.8 Å². The number of carbonyl (C=O) groups is 3. The van der Waals surface area contributed by atoms with Gasteiger partial charge in [0.2, 0.25) is 11.6 Å². The van der Waals surface area contributed by atoms with Crippen LogP contribution in [-0.4, -0.2) is 57.5 Å². The lowest BCUT2D eigenvalue weighted by Gasteiger charge is -2.15. The van der Waals surface area contributed by atoms with Gasteiger partial charge in [0, 0.05) is 72.6 Å². The monoisotopic (exact) mass is 970 g/mol. The highest BCUT2D eigenvalue weighted by atomic mass is 32.1. The first-order valence-electron chi connectivity index (χ1n) is 21.2. The van der Waals surface area contributed by atoms with Crippen LogP contribution in [0.4, 0.5) is 8.78 Å². The number of carbonyl (C=O) groups excluding carboxylic acids is 3. The average Bonchev–Trinajstić information content (AvgIpc) is 4.27. The first-order chi connectivity index (χ1) is 33.3. The highest BCUT2D eigenvalue weighted by molar-refractivity contribution is 7.22. The van der Waals surface area contributed by atoms with Crippen molar-refractivity contribution in [3.8, 4) is 33.8 Å². The van der Waals surface area contributed by atoms with Gasteiger partial charge < -0.3 is 19.1 Å². The second-order valence-corrected chi connectivity index (χ2v) is 18.6. The number of rotatable bonds is 17. The van der Waals surface area contributed by atoms with E-state index in [0.29, 0.717) is 61.9 Å². The minimum atomic E-state index is -1.01. The smallest absolute Gasteiger partial charge is 0.319 e. The summed E-state index contributed by atoms with van der Waals surface area (Å²) in [5, 5.41) is 20.9. The van der Waals surface area contributed by atoms with Gasteiger partial charge in [0.05, 0.1) is 21.8 Å². The van der Waals surface area contributed by atoms with E-state index in [1.165, 1.54) is 59.3 Å². The molecule has 2 aliphatic rings. The number of aromatic nitrogens is 2. The third kappa shape index (κ3) is 10.3. The minimum Gasteiger partial charge on any atom is -0.493 e. The molecule has 0 atom stereocenters. The predicted octanol–water partition coefficient (Wildman–Crippen LogP) is 10.9. The van der Waals surface area contributed by atoms with E-state index in [2.05, 4.69) is 19.6 Å². The summed E-state index contributed by atoms with van der Waals surface area (Å²) in [6, 6.07) is 29.1. The van der Waals surface area contributed by atoms with Crippen LogP contribution >= 0.6 is 22.7 Å². The number of benzene rings is 4. The van der Waals surface area contributed by atoms with Crippen LogP contribution < -0.4 is 9.47 Å². The van der Waals surface area contributed by atoms with Gasteiger partial charge in [-0.3, -0.25) is 24.4 Å². The molecule has 0 amide bonds. The Bertz CT molecular complexity index is 3250. The van der Waals surface area contributed by atoms with Gasteiger partial charge in [0.25, 0.3) is 10.2 Å². The van der Waals surface area contributed by atoms with Crippen LogP contribution in [0.25, 0.3) is 42.4 Å². The second-order valence-electron chi connectivity index (χ2n) is 16.5. The van der Waals surface area contributed by atoms with Gasteiger partial charge in [-0.2, -0.15) is 0 Å². The van der Waals surface area contributed by atoms with Crippen molar-refractivity contribution in [2.24, 2.45) is 10.8 Å². The summed E-state index contributed by atoms with van der Waals surface area (Å²) in [4.78, 5) is 78.3. The lowest BCUT2D eigenvalue weighted by atomic mass is 9.98. The zero-order valence-electron chi connectivity index (χ0n) is 36.0. The van der Waals surface area contributed by atoms with Crippen molar-refractivity contribution < 1.29 is 52.5 Å². The fourth-order valence-corrected chi connectivity index (χ4v) is 10.0. The van der Waals surface area contributed by atoms with E-state index in [0.717, 1.165) is 39.4 Å². The van der Waals surface area contributed by atoms with Gasteiger partial charge in [0.1, 0.15) is 36.3 Å². The number of thiophene rings is 2. The van der Waals surface area contributed by atoms with E-state index in [9.17, 15) is 43.4 Å². The van der Waals surface area contributed by atoms with Gasteiger partial charge in [-0.15, -0.1) is 42.9 Å². The topological polar surface area (TPSA) is 200 Å². The molecule has 0 bridgehead atoms.